The Morgan fingerprint density at radius 3 is 2.71 bits per heavy atom. The largest absolute Gasteiger partial charge is 0.368 e. The number of alkyl halides is 1. The minimum atomic E-state index is 0.445. The number of nitrogens with one attached hydrogen (secondary N) is 1. The smallest absolute Gasteiger partial charge is 0.144 e. The molecule has 3 nitrogen and oxygen atoms in total. The average molecular weight is 214 g/mol. The van der Waals surface area contributed by atoms with Crippen molar-refractivity contribution in [1.82, 2.24) is 9.97 Å². The van der Waals surface area contributed by atoms with E-state index < -0.39 is 0 Å². The molecule has 1 rings (SSSR count). The van der Waals surface area contributed by atoms with E-state index in [0.29, 0.717) is 11.8 Å². The van der Waals surface area contributed by atoms with Gasteiger partial charge in [0.25, 0.3) is 0 Å². The van der Waals surface area contributed by atoms with Crippen molar-refractivity contribution in [3.8, 4) is 0 Å². The summed E-state index contributed by atoms with van der Waals surface area (Å²) in [5, 5.41) is 3.21. The maximum Gasteiger partial charge on any atom is 0.144 e. The maximum atomic E-state index is 5.70. The minimum Gasteiger partial charge on any atom is -0.368 e. The number of anilines is 1. The van der Waals surface area contributed by atoms with Gasteiger partial charge in [-0.05, 0) is 19.8 Å². The SMILES string of the molecule is Cc1ncc(NCC(C)CCl)nc1C. The van der Waals surface area contributed by atoms with Crippen LogP contribution in [0.2, 0.25) is 0 Å². The van der Waals surface area contributed by atoms with Gasteiger partial charge in [-0.3, -0.25) is 4.98 Å². The molecular formula is C10H16ClN3. The molecule has 1 aromatic heterocycles. The number of halogens is 1. The Balaban J connectivity index is 2.55. The van der Waals surface area contributed by atoms with Crippen LogP contribution in [0.15, 0.2) is 6.20 Å². The van der Waals surface area contributed by atoms with Crippen molar-refractivity contribution in [3.05, 3.63) is 17.6 Å². The van der Waals surface area contributed by atoms with E-state index in [2.05, 4.69) is 22.2 Å². The highest BCUT2D eigenvalue weighted by Crippen LogP contribution is 2.07. The third kappa shape index (κ3) is 3.14. The van der Waals surface area contributed by atoms with Crippen molar-refractivity contribution in [1.29, 1.82) is 0 Å². The Hall–Kier alpha value is -0.830. The third-order valence-electron chi connectivity index (χ3n) is 2.09. The van der Waals surface area contributed by atoms with Crippen molar-refractivity contribution in [2.24, 2.45) is 5.92 Å². The lowest BCUT2D eigenvalue weighted by Gasteiger charge is -2.10. The molecule has 1 unspecified atom stereocenters. The van der Waals surface area contributed by atoms with Crippen molar-refractivity contribution < 1.29 is 0 Å². The highest BCUT2D eigenvalue weighted by atomic mass is 35.5. The zero-order valence-electron chi connectivity index (χ0n) is 8.84. The number of rotatable bonds is 4. The molecule has 0 amide bonds. The van der Waals surface area contributed by atoms with Gasteiger partial charge in [-0.1, -0.05) is 6.92 Å². The van der Waals surface area contributed by atoms with Crippen LogP contribution in [-0.2, 0) is 0 Å². The summed E-state index contributed by atoms with van der Waals surface area (Å²) in [6.45, 7) is 6.83. The molecule has 0 aliphatic heterocycles. The maximum absolute atomic E-state index is 5.70. The Bertz CT molecular complexity index is 301. The Morgan fingerprint density at radius 1 is 1.43 bits per heavy atom. The molecule has 0 aliphatic rings. The Kier molecular flexibility index (Phi) is 4.14. The van der Waals surface area contributed by atoms with E-state index >= 15 is 0 Å². The molecule has 4 heteroatoms. The summed E-state index contributed by atoms with van der Waals surface area (Å²) < 4.78 is 0. The predicted molar refractivity (Wildman–Crippen MR) is 59.9 cm³/mol. The van der Waals surface area contributed by atoms with Crippen LogP contribution >= 0.6 is 11.6 Å². The molecule has 78 valence electrons. The third-order valence-corrected chi connectivity index (χ3v) is 2.61. The fraction of sp³-hybridized carbons (Fsp3) is 0.600. The molecule has 0 saturated carbocycles. The highest BCUT2D eigenvalue weighted by Gasteiger charge is 2.02. The van der Waals surface area contributed by atoms with Gasteiger partial charge in [-0.2, -0.15) is 0 Å². The topological polar surface area (TPSA) is 37.8 Å². The number of nitrogens with zero attached hydrogens (tertiary/aromatic N) is 2. The average Bonchev–Trinajstić information content (AvgIpc) is 2.19. The second-order valence-electron chi connectivity index (χ2n) is 3.57. The van der Waals surface area contributed by atoms with Crippen molar-refractivity contribution in [2.45, 2.75) is 20.8 Å². The van der Waals surface area contributed by atoms with Crippen LogP contribution in [0.5, 0.6) is 0 Å². The van der Waals surface area contributed by atoms with E-state index in [1.54, 1.807) is 6.20 Å². The lowest BCUT2D eigenvalue weighted by Crippen LogP contribution is -2.13. The Morgan fingerprint density at radius 2 is 2.14 bits per heavy atom. The van der Waals surface area contributed by atoms with Crippen LogP contribution in [-0.4, -0.2) is 22.4 Å². The molecule has 1 atom stereocenters. The molecule has 0 fully saturated rings. The van der Waals surface area contributed by atoms with Crippen LogP contribution < -0.4 is 5.32 Å². The van der Waals surface area contributed by atoms with E-state index in [1.807, 2.05) is 13.8 Å². The lowest BCUT2D eigenvalue weighted by molar-refractivity contribution is 0.694. The van der Waals surface area contributed by atoms with Gasteiger partial charge in [0.1, 0.15) is 5.82 Å². The number of aryl methyl sites for hydroxylation is 2. The molecule has 0 radical (unpaired) electrons. The first-order valence-electron chi connectivity index (χ1n) is 4.73. The number of hydrogen-bond acceptors (Lipinski definition) is 3. The quantitative estimate of drug-likeness (QED) is 0.781. The van der Waals surface area contributed by atoms with Crippen LogP contribution in [0.4, 0.5) is 5.82 Å². The van der Waals surface area contributed by atoms with Gasteiger partial charge in [-0.25, -0.2) is 4.98 Å². The van der Waals surface area contributed by atoms with Gasteiger partial charge in [0, 0.05) is 12.4 Å². The summed E-state index contributed by atoms with van der Waals surface area (Å²) in [4.78, 5) is 8.59. The fourth-order valence-electron chi connectivity index (χ4n) is 0.960. The zero-order chi connectivity index (χ0) is 10.6. The van der Waals surface area contributed by atoms with Crippen LogP contribution in [0.3, 0.4) is 0 Å². The molecule has 1 N–H and O–H groups in total. The molecule has 0 aromatic carbocycles. The van der Waals surface area contributed by atoms with Crippen molar-refractivity contribution in [3.63, 3.8) is 0 Å². The standard InChI is InChI=1S/C10H16ClN3/c1-7(4-11)5-13-10-6-12-8(2)9(3)14-10/h6-7H,4-5H2,1-3H3,(H,13,14). The first-order valence-corrected chi connectivity index (χ1v) is 5.27. The summed E-state index contributed by atoms with van der Waals surface area (Å²) in [7, 11) is 0. The zero-order valence-corrected chi connectivity index (χ0v) is 9.60. The van der Waals surface area contributed by atoms with Gasteiger partial charge >= 0.3 is 0 Å². The van der Waals surface area contributed by atoms with Gasteiger partial charge in [0.05, 0.1) is 17.6 Å². The second-order valence-corrected chi connectivity index (χ2v) is 3.88. The Labute approximate surface area is 89.9 Å². The van der Waals surface area contributed by atoms with Crippen LogP contribution in [0.1, 0.15) is 18.3 Å². The molecular weight excluding hydrogens is 198 g/mol. The van der Waals surface area contributed by atoms with Crippen LogP contribution in [0.25, 0.3) is 0 Å². The van der Waals surface area contributed by atoms with Gasteiger partial charge in [0.15, 0.2) is 0 Å². The summed E-state index contributed by atoms with van der Waals surface area (Å²) >= 11 is 5.70. The predicted octanol–water partition coefficient (Wildman–Crippen LogP) is 2.38. The lowest BCUT2D eigenvalue weighted by atomic mass is 10.2. The molecule has 0 bridgehead atoms. The molecule has 1 heterocycles. The van der Waals surface area contributed by atoms with Crippen molar-refractivity contribution in [2.75, 3.05) is 17.7 Å². The molecule has 1 aromatic rings. The van der Waals surface area contributed by atoms with Gasteiger partial charge in [-0.15, -0.1) is 11.6 Å². The minimum absolute atomic E-state index is 0.445. The fourth-order valence-corrected chi connectivity index (χ4v) is 1.07. The molecule has 0 saturated heterocycles. The summed E-state index contributed by atoms with van der Waals surface area (Å²) in [5.41, 5.74) is 1.94. The molecule has 0 aliphatic carbocycles. The van der Waals surface area contributed by atoms with E-state index in [1.165, 1.54) is 0 Å². The second kappa shape index (κ2) is 5.15. The first-order chi connectivity index (χ1) is 6.63. The van der Waals surface area contributed by atoms with Crippen molar-refractivity contribution >= 4 is 17.4 Å². The highest BCUT2D eigenvalue weighted by molar-refractivity contribution is 6.18. The summed E-state index contributed by atoms with van der Waals surface area (Å²) in [6.07, 6.45) is 1.75. The van der Waals surface area contributed by atoms with Crippen LogP contribution in [0, 0.1) is 19.8 Å². The monoisotopic (exact) mass is 213 g/mol. The van der Waals surface area contributed by atoms with E-state index in [0.717, 1.165) is 23.8 Å². The van der Waals surface area contributed by atoms with Gasteiger partial charge in [0.2, 0.25) is 0 Å². The number of aromatic nitrogens is 2. The van der Waals surface area contributed by atoms with E-state index in [4.69, 9.17) is 11.6 Å². The summed E-state index contributed by atoms with van der Waals surface area (Å²) in [6, 6.07) is 0. The molecule has 14 heavy (non-hydrogen) atoms. The summed E-state index contributed by atoms with van der Waals surface area (Å²) in [5.74, 6) is 1.93. The van der Waals surface area contributed by atoms with E-state index in [9.17, 15) is 0 Å². The van der Waals surface area contributed by atoms with Gasteiger partial charge < -0.3 is 5.32 Å². The first kappa shape index (κ1) is 11.2. The van der Waals surface area contributed by atoms with E-state index in [-0.39, 0.29) is 0 Å². The normalized spacial score (nSPS) is 12.6. The molecule has 0 spiro atoms. The number of hydrogen-bond donors (Lipinski definition) is 1.